The van der Waals surface area contributed by atoms with Gasteiger partial charge < -0.3 is 9.47 Å². The van der Waals surface area contributed by atoms with E-state index in [-0.39, 0.29) is 23.7 Å². The number of benzene rings is 3. The Morgan fingerprint density at radius 1 is 0.805 bits per heavy atom. The van der Waals surface area contributed by atoms with E-state index in [4.69, 9.17) is 9.47 Å². The highest BCUT2D eigenvalue weighted by molar-refractivity contribution is 8.39. The van der Waals surface area contributed by atoms with Gasteiger partial charge in [-0.25, -0.2) is 19.6 Å². The Bertz CT molecular complexity index is 1860. The zero-order valence-corrected chi connectivity index (χ0v) is 26.8. The van der Waals surface area contributed by atoms with Crippen molar-refractivity contribution < 1.29 is 19.1 Å². The van der Waals surface area contributed by atoms with Crippen molar-refractivity contribution in [2.24, 2.45) is 0 Å². The molecule has 41 heavy (non-hydrogen) atoms. The number of hydrogen-bond donors (Lipinski definition) is 0. The van der Waals surface area contributed by atoms with E-state index < -0.39 is 22.0 Å². The zero-order valence-electron chi connectivity index (χ0n) is 23.6. The topological polar surface area (TPSA) is 52.6 Å². The predicted molar refractivity (Wildman–Crippen MR) is 180 cm³/mol. The van der Waals surface area contributed by atoms with Crippen LogP contribution in [0.3, 0.4) is 0 Å². The van der Waals surface area contributed by atoms with Crippen molar-refractivity contribution >= 4 is 81.2 Å². The smallest absolute Gasteiger partial charge is 0.338 e. The van der Waals surface area contributed by atoms with Crippen LogP contribution in [0, 0.1) is 0 Å². The second-order valence-electron chi connectivity index (χ2n) is 10.3. The van der Waals surface area contributed by atoms with Crippen molar-refractivity contribution in [2.45, 2.75) is 22.3 Å². The molecule has 1 aliphatic heterocycles. The van der Waals surface area contributed by atoms with Crippen molar-refractivity contribution in [3.05, 3.63) is 71.8 Å². The van der Waals surface area contributed by atoms with E-state index in [9.17, 15) is 9.59 Å². The fraction of sp³-hybridized carbons (Fsp3) is 0.242. The van der Waals surface area contributed by atoms with Crippen molar-refractivity contribution in [1.29, 1.82) is 0 Å². The van der Waals surface area contributed by atoms with Crippen LogP contribution in [-0.2, 0) is 9.47 Å². The molecular weight excluding hydrogens is 589 g/mol. The molecule has 1 atom stereocenters. The minimum Gasteiger partial charge on any atom is -0.462 e. The van der Waals surface area contributed by atoms with Crippen LogP contribution in [0.25, 0.3) is 42.4 Å². The van der Waals surface area contributed by atoms with Gasteiger partial charge in [0.05, 0.1) is 28.5 Å². The maximum absolute atomic E-state index is 13.4. The van der Waals surface area contributed by atoms with Crippen molar-refractivity contribution in [3.8, 4) is 22.3 Å². The van der Waals surface area contributed by atoms with Gasteiger partial charge in [-0.15, -0.1) is 22.7 Å². The van der Waals surface area contributed by atoms with E-state index in [1.165, 1.54) is 30.0 Å². The largest absolute Gasteiger partial charge is 0.462 e. The van der Waals surface area contributed by atoms with Crippen molar-refractivity contribution in [3.63, 3.8) is 0 Å². The van der Waals surface area contributed by atoms with Crippen LogP contribution in [0.1, 0.15) is 34.6 Å². The second-order valence-corrected chi connectivity index (χ2v) is 18.5. The first-order chi connectivity index (χ1) is 19.7. The Balaban J connectivity index is 1.55. The van der Waals surface area contributed by atoms with Gasteiger partial charge in [0.1, 0.15) is 0 Å². The molecule has 1 unspecified atom stereocenters. The van der Waals surface area contributed by atoms with Gasteiger partial charge >= 0.3 is 11.9 Å². The lowest BCUT2D eigenvalue weighted by atomic mass is 9.90. The molecule has 3 heterocycles. The molecular formula is C33H32O4S4. The molecule has 0 amide bonds. The third-order valence-corrected chi connectivity index (χ3v) is 15.3. The highest BCUT2D eigenvalue weighted by atomic mass is 32.3. The number of carbonyl (C=O) groups excluding carboxylic acids is 2. The lowest BCUT2D eigenvalue weighted by Gasteiger charge is -2.16. The minimum atomic E-state index is -0.620. The number of thiophene rings is 2. The number of hydrogen-bond acceptors (Lipinski definition) is 6. The molecule has 0 N–H and O–H groups in total. The molecule has 1 saturated heterocycles. The number of fused-ring (bicyclic) bond motifs is 2. The predicted octanol–water partition coefficient (Wildman–Crippen LogP) is 9.30. The van der Waals surface area contributed by atoms with Gasteiger partial charge in [-0.1, -0.05) is 30.1 Å². The van der Waals surface area contributed by atoms with Gasteiger partial charge in [0.25, 0.3) is 0 Å². The van der Waals surface area contributed by atoms with E-state index >= 15 is 0 Å². The maximum Gasteiger partial charge on any atom is 0.338 e. The zero-order chi connectivity index (χ0) is 28.9. The monoisotopic (exact) mass is 620 g/mol. The maximum atomic E-state index is 13.4. The first kappa shape index (κ1) is 28.2. The summed E-state index contributed by atoms with van der Waals surface area (Å²) in [7, 11) is -0.708. The molecule has 0 bridgehead atoms. The summed E-state index contributed by atoms with van der Waals surface area (Å²) in [6.07, 6.45) is 4.51. The highest BCUT2D eigenvalue weighted by Gasteiger charge is 2.35. The van der Waals surface area contributed by atoms with Gasteiger partial charge in [0.15, 0.2) is 0 Å². The molecule has 6 rings (SSSR count). The quantitative estimate of drug-likeness (QED) is 0.0986. The molecule has 0 aliphatic carbocycles. The molecule has 1 fully saturated rings. The van der Waals surface area contributed by atoms with Gasteiger partial charge in [0, 0.05) is 13.6 Å². The summed E-state index contributed by atoms with van der Waals surface area (Å²) in [4.78, 5) is 26.8. The number of carbonyl (C=O) groups is 2. The number of ether oxygens (including phenoxy) is 2. The normalized spacial score (nSPS) is 15.5. The van der Waals surface area contributed by atoms with Crippen LogP contribution in [0.4, 0.5) is 0 Å². The van der Waals surface area contributed by atoms with Gasteiger partial charge in [-0.05, 0) is 107 Å². The van der Waals surface area contributed by atoms with E-state index in [1.54, 1.807) is 31.3 Å². The van der Waals surface area contributed by atoms with Gasteiger partial charge in [0.2, 0.25) is 0 Å². The average Bonchev–Trinajstić information content (AvgIpc) is 3.36. The van der Waals surface area contributed by atoms with E-state index in [2.05, 4.69) is 54.8 Å². The van der Waals surface area contributed by atoms with Crippen LogP contribution in [0.15, 0.2) is 69.1 Å². The Kier molecular flexibility index (Phi) is 7.61. The van der Waals surface area contributed by atoms with Crippen LogP contribution in [0.2, 0.25) is 0 Å². The first-order valence-electron chi connectivity index (χ1n) is 13.5. The fourth-order valence-electron chi connectivity index (χ4n) is 4.92. The summed E-state index contributed by atoms with van der Waals surface area (Å²) in [5.74, 6) is 5.98. The number of esters is 2. The summed E-state index contributed by atoms with van der Waals surface area (Å²) in [5.41, 5.74) is 3.92. The van der Waals surface area contributed by atoms with Crippen LogP contribution >= 0.6 is 43.2 Å². The SMILES string of the molecule is C=S(C)c1cc2ccc(-c3cc(C(=O)OCC)c(-c4ccc5cc(S6(C)CC6)sc5c4)cc3C(=O)OCC)cc2s1. The lowest BCUT2D eigenvalue weighted by molar-refractivity contribution is 0.0513. The molecule has 5 aromatic rings. The molecule has 0 spiro atoms. The Morgan fingerprint density at radius 2 is 1.32 bits per heavy atom. The van der Waals surface area contributed by atoms with E-state index in [0.29, 0.717) is 22.3 Å². The standard InChI is InChI=1S/C33H32O4S4/c1-6-36-32(34)26-19-25(21-9-11-23-17-31(39-29(23)15-21)41(5)12-13-41)27(33(35)37-7-2)18-24(26)20-8-10-22-16-30(40(3)4)38-28(22)14-20/h8-11,14-19H,3,6-7,12-13H2,1-2,4-5H3. The third kappa shape index (κ3) is 5.39. The summed E-state index contributed by atoms with van der Waals surface area (Å²) >= 11 is 3.56. The molecule has 2 aromatic heterocycles. The van der Waals surface area contributed by atoms with E-state index in [1.807, 2.05) is 29.5 Å². The van der Waals surface area contributed by atoms with E-state index in [0.717, 1.165) is 21.2 Å². The first-order valence-corrected chi connectivity index (χ1v) is 19.3. The molecule has 0 radical (unpaired) electrons. The molecule has 4 nitrogen and oxygen atoms in total. The average molecular weight is 621 g/mol. The number of rotatable bonds is 8. The summed E-state index contributed by atoms with van der Waals surface area (Å²) in [6, 6.07) is 20.6. The Hall–Kier alpha value is -2.91. The molecule has 1 aliphatic rings. The summed E-state index contributed by atoms with van der Waals surface area (Å²) in [5, 5.41) is 2.36. The minimum absolute atomic E-state index is 0.0888. The van der Waals surface area contributed by atoms with Crippen LogP contribution in [0.5, 0.6) is 0 Å². The molecule has 0 saturated carbocycles. The molecule has 212 valence electrons. The highest BCUT2D eigenvalue weighted by Crippen LogP contribution is 2.67. The Morgan fingerprint density at radius 3 is 1.80 bits per heavy atom. The molecule has 8 heteroatoms. The summed E-state index contributed by atoms with van der Waals surface area (Å²) < 4.78 is 16.1. The second kappa shape index (κ2) is 11.1. The molecule has 3 aromatic carbocycles. The fourth-order valence-corrected chi connectivity index (χ4v) is 11.1. The third-order valence-electron chi connectivity index (χ3n) is 7.41. The van der Waals surface area contributed by atoms with Crippen molar-refractivity contribution in [1.82, 2.24) is 0 Å². The van der Waals surface area contributed by atoms with Gasteiger partial charge in [-0.3, -0.25) is 0 Å². The van der Waals surface area contributed by atoms with Gasteiger partial charge in [-0.2, -0.15) is 10.5 Å². The Labute approximate surface area is 252 Å². The summed E-state index contributed by atoms with van der Waals surface area (Å²) in [6.45, 7) is 4.12. The van der Waals surface area contributed by atoms with Crippen molar-refractivity contribution in [2.75, 3.05) is 37.2 Å². The lowest BCUT2D eigenvalue weighted by Crippen LogP contribution is -2.11. The van der Waals surface area contributed by atoms with Crippen LogP contribution < -0.4 is 0 Å². The van der Waals surface area contributed by atoms with Crippen LogP contribution in [-0.4, -0.2) is 55.0 Å².